The van der Waals surface area contributed by atoms with Crippen molar-refractivity contribution in [2.45, 2.75) is 0 Å². The van der Waals surface area contributed by atoms with Crippen molar-refractivity contribution in [3.05, 3.63) is 0 Å². The second-order valence-corrected chi connectivity index (χ2v) is 1.25. The molecule has 0 radical (unpaired) electrons. The van der Waals surface area contributed by atoms with Crippen LogP contribution in [0, 0.1) is 11.7 Å². The van der Waals surface area contributed by atoms with Gasteiger partial charge >= 0.3 is 9.46 Å². The predicted octanol–water partition coefficient (Wildman–Crippen LogP) is 0.883. The van der Waals surface area contributed by atoms with Crippen molar-refractivity contribution in [2.75, 3.05) is 0 Å². The summed E-state index contributed by atoms with van der Waals surface area (Å²) in [7, 11) is -3.62. The van der Waals surface area contributed by atoms with Crippen molar-refractivity contribution < 1.29 is 12.6 Å². The van der Waals surface area contributed by atoms with Gasteiger partial charge in [0, 0.05) is 0 Å². The molecule has 0 rings (SSSR count). The summed E-state index contributed by atoms with van der Waals surface area (Å²) in [5, 5.41) is 0. The molecule has 0 atom stereocenters. The average molecular weight is 109 g/mol. The molecule has 0 heterocycles. The minimum atomic E-state index is -3.62. The average Bonchev–Trinajstić information content (AvgIpc) is 1.35. The summed E-state index contributed by atoms with van der Waals surface area (Å²) < 4.78 is 31.9. The van der Waals surface area contributed by atoms with Crippen molar-refractivity contribution in [1.29, 1.82) is 0 Å². The fraction of sp³-hybridized carbons (Fsp3) is 0. The second-order valence-electron chi connectivity index (χ2n) is 0.480. The summed E-state index contributed by atoms with van der Waals surface area (Å²) in [5.74, 6) is 0. The van der Waals surface area contributed by atoms with Gasteiger partial charge in [0.15, 0.2) is 5.54 Å². The normalized spacial score (nSPS) is 5.83. The zero-order valence-electron chi connectivity index (χ0n) is 2.63. The van der Waals surface area contributed by atoms with Crippen molar-refractivity contribution in [2.24, 2.45) is 0 Å². The molecule has 0 aromatic heterocycles. The fourth-order valence-corrected chi connectivity index (χ4v) is 0.107. The van der Waals surface area contributed by atoms with Gasteiger partial charge in [-0.3, -0.25) is 0 Å². The molecule has 0 fully saturated rings. The van der Waals surface area contributed by atoms with Gasteiger partial charge in [0.05, 0.1) is 0 Å². The van der Waals surface area contributed by atoms with E-state index >= 15 is 0 Å². The maximum atomic E-state index is 10.7. The van der Waals surface area contributed by atoms with Gasteiger partial charge in [0.1, 0.15) is 6.17 Å². The molecule has 0 amide bonds. The smallest absolute Gasteiger partial charge is 0.141 e. The lowest BCUT2D eigenvalue weighted by Crippen LogP contribution is -1.87. The first-order chi connectivity index (χ1) is 2.77. The summed E-state index contributed by atoms with van der Waals surface area (Å²) in [5.41, 5.74) is 1.06. The van der Waals surface area contributed by atoms with Crippen molar-refractivity contribution >= 4 is 9.46 Å². The Morgan fingerprint density at radius 3 is 1.83 bits per heavy atom. The van der Waals surface area contributed by atoms with Gasteiger partial charge in [-0.2, -0.15) is 0 Å². The van der Waals surface area contributed by atoms with Gasteiger partial charge in [-0.25, -0.2) is 0 Å². The van der Waals surface area contributed by atoms with Crippen LogP contribution in [0.5, 0.6) is 0 Å². The topological polar surface area (TPSA) is 0 Å². The Bertz CT molecular complexity index is 78.5. The van der Waals surface area contributed by atoms with Crippen LogP contribution >= 0.6 is 0 Å². The Kier molecular flexibility index (Phi) is 2.58. The number of halogens is 3. The quantitative estimate of drug-likeness (QED) is 0.246. The van der Waals surface area contributed by atoms with Crippen LogP contribution in [0.1, 0.15) is 0 Å². The van der Waals surface area contributed by atoms with Crippen molar-refractivity contribution in [3.63, 3.8) is 0 Å². The molecule has 0 bridgehead atoms. The van der Waals surface area contributed by atoms with Gasteiger partial charge in [-0.15, -0.1) is 4.39 Å². The van der Waals surface area contributed by atoms with Gasteiger partial charge in [-0.1, -0.05) is 0 Å². The van der Waals surface area contributed by atoms with Crippen molar-refractivity contribution in [1.82, 2.24) is 0 Å². The summed E-state index contributed by atoms with van der Waals surface area (Å²) in [4.78, 5) is 0. The van der Waals surface area contributed by atoms with Crippen LogP contribution < -0.4 is 0 Å². The van der Waals surface area contributed by atoms with Crippen LogP contribution in [-0.2, 0) is 0 Å². The summed E-state index contributed by atoms with van der Waals surface area (Å²) >= 11 is 0. The van der Waals surface area contributed by atoms with Crippen LogP contribution in [0.3, 0.4) is 0 Å². The fourth-order valence-electron chi connectivity index (χ4n) is 0.0357. The molecule has 0 unspecified atom stereocenters. The molecule has 0 aliphatic rings. The molecule has 32 valence electrons. The molecule has 0 aliphatic heterocycles. The predicted molar refractivity (Wildman–Crippen MR) is 16.9 cm³/mol. The van der Waals surface area contributed by atoms with E-state index in [2.05, 4.69) is 0 Å². The molecule has 0 N–H and O–H groups in total. The molecule has 0 aromatic carbocycles. The van der Waals surface area contributed by atoms with E-state index in [1.54, 1.807) is 0 Å². The maximum absolute atomic E-state index is 10.7. The van der Waals surface area contributed by atoms with Gasteiger partial charge in [0.25, 0.3) is 0 Å². The first-order valence-corrected chi connectivity index (χ1v) is 2.32. The van der Waals surface area contributed by atoms with E-state index in [4.69, 9.17) is 0 Å². The first-order valence-electron chi connectivity index (χ1n) is 1.07. The zero-order chi connectivity index (χ0) is 4.99. The first kappa shape index (κ1) is 5.57. The lowest BCUT2D eigenvalue weighted by atomic mass is 11.3. The van der Waals surface area contributed by atoms with Gasteiger partial charge < -0.3 is 0 Å². The summed E-state index contributed by atoms with van der Waals surface area (Å²) in [6.45, 7) is 0. The third kappa shape index (κ3) is 3.57. The molecule has 0 aromatic rings. The van der Waals surface area contributed by atoms with E-state index in [1.807, 2.05) is 0 Å². The largest absolute Gasteiger partial charge is 0.852 e. The monoisotopic (exact) mass is 109 g/mol. The molecule has 6 heavy (non-hydrogen) atoms. The van der Waals surface area contributed by atoms with E-state index in [9.17, 15) is 12.6 Å². The molecule has 4 heteroatoms. The second kappa shape index (κ2) is 2.79. The van der Waals surface area contributed by atoms with Crippen LogP contribution in [0.25, 0.3) is 0 Å². The minimum absolute atomic E-state index is 0.612. The van der Waals surface area contributed by atoms with Gasteiger partial charge in [-0.05, 0) is 8.22 Å². The number of hydrogen-bond donors (Lipinski definition) is 0. The molecule has 0 saturated heterocycles. The standard InChI is InChI=1S/C2F3Si/c3-1-2-6(4)5/q+1. The van der Waals surface area contributed by atoms with Crippen LogP contribution in [0.2, 0.25) is 0 Å². The maximum Gasteiger partial charge on any atom is 0.852 e. The third-order valence-electron chi connectivity index (χ3n) is 0.142. The van der Waals surface area contributed by atoms with Crippen molar-refractivity contribution in [3.8, 4) is 11.7 Å². The highest BCUT2D eigenvalue weighted by Gasteiger charge is 2.26. The molecule has 0 nitrogen and oxygen atoms in total. The van der Waals surface area contributed by atoms with Crippen LogP contribution in [-0.4, -0.2) is 9.46 Å². The SMILES string of the molecule is FC#C[Si+](F)F. The third-order valence-corrected chi connectivity index (χ3v) is 0.425. The molecule has 0 spiro atoms. The Labute approximate surface area is 34.9 Å². The minimum Gasteiger partial charge on any atom is -0.141 e. The van der Waals surface area contributed by atoms with E-state index in [0.29, 0.717) is 6.17 Å². The molecule has 0 aliphatic carbocycles. The van der Waals surface area contributed by atoms with E-state index in [-0.39, 0.29) is 0 Å². The number of hydrogen-bond acceptors (Lipinski definition) is 0. The van der Waals surface area contributed by atoms with E-state index in [0.717, 1.165) is 5.54 Å². The Morgan fingerprint density at radius 2 is 1.83 bits per heavy atom. The molecular weight excluding hydrogens is 109 g/mol. The molecular formula is C2F3Si+. The lowest BCUT2D eigenvalue weighted by molar-refractivity contribution is 0.685. The highest BCUT2D eigenvalue weighted by Crippen LogP contribution is 1.78. The Balaban J connectivity index is 3.20. The zero-order valence-corrected chi connectivity index (χ0v) is 3.63. The summed E-state index contributed by atoms with van der Waals surface area (Å²) in [6.07, 6.45) is 0.612. The van der Waals surface area contributed by atoms with E-state index in [1.165, 1.54) is 0 Å². The van der Waals surface area contributed by atoms with E-state index < -0.39 is 9.46 Å². The highest BCUT2D eigenvalue weighted by atomic mass is 28.4. The number of rotatable bonds is 0. The lowest BCUT2D eigenvalue weighted by Gasteiger charge is -1.42. The molecule has 0 saturated carbocycles. The Morgan fingerprint density at radius 1 is 1.33 bits per heavy atom. The summed E-state index contributed by atoms with van der Waals surface area (Å²) in [6, 6.07) is 0. The Hall–Kier alpha value is -0.433. The highest BCUT2D eigenvalue weighted by molar-refractivity contribution is 6.52. The van der Waals surface area contributed by atoms with Crippen LogP contribution in [0.4, 0.5) is 12.6 Å². The van der Waals surface area contributed by atoms with Crippen LogP contribution in [0.15, 0.2) is 0 Å². The van der Waals surface area contributed by atoms with Gasteiger partial charge in [0.2, 0.25) is 0 Å².